The summed E-state index contributed by atoms with van der Waals surface area (Å²) in [6, 6.07) is 11.4. The molecule has 1 aliphatic carbocycles. The molecule has 0 radical (unpaired) electrons. The molecule has 1 aromatic heterocycles. The second-order valence-electron chi connectivity index (χ2n) is 7.28. The van der Waals surface area contributed by atoms with Gasteiger partial charge in [0.15, 0.2) is 0 Å². The predicted molar refractivity (Wildman–Crippen MR) is 121 cm³/mol. The second kappa shape index (κ2) is 8.13. The molecule has 8 heteroatoms. The molecule has 0 unspecified atom stereocenters. The second-order valence-corrected chi connectivity index (χ2v) is 7.69. The number of allylic oxidation sites excluding steroid dienone is 2. The van der Waals surface area contributed by atoms with Crippen LogP contribution in [0.1, 0.15) is 18.4 Å². The Morgan fingerprint density at radius 3 is 2.70 bits per heavy atom. The summed E-state index contributed by atoms with van der Waals surface area (Å²) in [6.07, 6.45) is 7.44. The molecule has 154 valence electrons. The van der Waals surface area contributed by atoms with Gasteiger partial charge >= 0.3 is 0 Å². The first-order chi connectivity index (χ1) is 14.2. The van der Waals surface area contributed by atoms with Crippen molar-refractivity contribution in [2.24, 2.45) is 16.9 Å². The van der Waals surface area contributed by atoms with Gasteiger partial charge in [-0.2, -0.15) is 10.2 Å². The number of methoxy groups -OCH3 is 1. The van der Waals surface area contributed by atoms with E-state index in [1.807, 2.05) is 36.4 Å². The van der Waals surface area contributed by atoms with Crippen molar-refractivity contribution in [2.45, 2.75) is 12.8 Å². The zero-order valence-electron chi connectivity index (χ0n) is 16.2. The highest BCUT2D eigenvalue weighted by atomic mass is 35.5. The number of hydrogen-bond donors (Lipinski definition) is 1. The molecule has 0 spiro atoms. The number of fused-ring (bicyclic) bond motifs is 2. The Labute approximate surface area is 185 Å². The first-order valence-electron chi connectivity index (χ1n) is 9.50. The van der Waals surface area contributed by atoms with Crippen LogP contribution in [-0.4, -0.2) is 28.9 Å². The number of ether oxygens (including phenoxy) is 1. The maximum Gasteiger partial charge on any atom is 0.251 e. The number of aromatic amines is 1. The van der Waals surface area contributed by atoms with Crippen LogP contribution in [0.3, 0.4) is 0 Å². The van der Waals surface area contributed by atoms with Gasteiger partial charge in [-0.05, 0) is 54.8 Å². The van der Waals surface area contributed by atoms with Gasteiger partial charge in [-0.25, -0.2) is 5.01 Å². The summed E-state index contributed by atoms with van der Waals surface area (Å²) in [7, 11) is 1.59. The molecule has 1 amide bonds. The van der Waals surface area contributed by atoms with Gasteiger partial charge in [-0.1, -0.05) is 23.8 Å². The number of anilines is 1. The Kier molecular flexibility index (Phi) is 5.54. The van der Waals surface area contributed by atoms with Gasteiger partial charge in [-0.15, -0.1) is 12.4 Å². The Morgan fingerprint density at radius 1 is 1.13 bits per heavy atom. The number of rotatable bonds is 3. The van der Waals surface area contributed by atoms with Crippen molar-refractivity contribution < 1.29 is 9.53 Å². The molecule has 0 fully saturated rings. The van der Waals surface area contributed by atoms with Gasteiger partial charge in [0, 0.05) is 11.3 Å². The molecule has 2 aromatic carbocycles. The quantitative estimate of drug-likeness (QED) is 0.581. The van der Waals surface area contributed by atoms with Crippen molar-refractivity contribution in [3.05, 3.63) is 65.3 Å². The molecular weight excluding hydrogens is 423 g/mol. The highest BCUT2D eigenvalue weighted by molar-refractivity contribution is 6.32. The van der Waals surface area contributed by atoms with E-state index in [1.165, 1.54) is 5.01 Å². The first-order valence-corrected chi connectivity index (χ1v) is 9.88. The highest BCUT2D eigenvalue weighted by Crippen LogP contribution is 2.38. The van der Waals surface area contributed by atoms with Crippen LogP contribution in [0.15, 0.2) is 59.8 Å². The predicted octanol–water partition coefficient (Wildman–Crippen LogP) is 4.98. The largest absolute Gasteiger partial charge is 0.495 e. The minimum absolute atomic E-state index is 0. The third-order valence-corrected chi connectivity index (χ3v) is 5.93. The van der Waals surface area contributed by atoms with Gasteiger partial charge in [0.25, 0.3) is 5.91 Å². The topological polar surface area (TPSA) is 70.6 Å². The molecule has 6 nitrogen and oxygen atoms in total. The molecule has 0 saturated carbocycles. The lowest BCUT2D eigenvalue weighted by atomic mass is 9.76. The molecule has 2 heterocycles. The summed E-state index contributed by atoms with van der Waals surface area (Å²) in [5.41, 5.74) is 3.43. The summed E-state index contributed by atoms with van der Waals surface area (Å²) < 4.78 is 5.28. The number of carbonyl (C=O) groups is 1. The molecule has 1 N–H and O–H groups in total. The molecular formula is C22H20Cl2N4O2. The Bertz CT molecular complexity index is 1170. The van der Waals surface area contributed by atoms with Crippen LogP contribution in [0.4, 0.5) is 5.69 Å². The van der Waals surface area contributed by atoms with E-state index in [2.05, 4.69) is 22.3 Å². The van der Waals surface area contributed by atoms with E-state index in [0.717, 1.165) is 34.3 Å². The molecule has 0 bridgehead atoms. The van der Waals surface area contributed by atoms with Crippen LogP contribution in [0.2, 0.25) is 5.02 Å². The van der Waals surface area contributed by atoms with Crippen LogP contribution >= 0.6 is 24.0 Å². The fourth-order valence-electron chi connectivity index (χ4n) is 4.12. The minimum Gasteiger partial charge on any atom is -0.495 e. The number of halogens is 2. The monoisotopic (exact) mass is 442 g/mol. The number of aromatic nitrogens is 2. The average Bonchev–Trinajstić information content (AvgIpc) is 3.22. The number of hydrogen-bond acceptors (Lipinski definition) is 4. The van der Waals surface area contributed by atoms with Gasteiger partial charge < -0.3 is 4.74 Å². The number of hydrazone groups is 1. The van der Waals surface area contributed by atoms with Crippen LogP contribution in [0, 0.1) is 11.8 Å². The summed E-state index contributed by atoms with van der Waals surface area (Å²) in [5, 5.41) is 14.8. The maximum atomic E-state index is 13.3. The first kappa shape index (κ1) is 20.4. The van der Waals surface area contributed by atoms with Gasteiger partial charge in [-0.3, -0.25) is 9.89 Å². The smallest absolute Gasteiger partial charge is 0.251 e. The van der Waals surface area contributed by atoms with Crippen molar-refractivity contribution in [3.8, 4) is 5.75 Å². The van der Waals surface area contributed by atoms with Crippen LogP contribution in [-0.2, 0) is 4.79 Å². The number of nitrogens with zero attached hydrogens (tertiary/aromatic N) is 3. The molecule has 3 aromatic rings. The average molecular weight is 443 g/mol. The summed E-state index contributed by atoms with van der Waals surface area (Å²) >= 11 is 6.37. The lowest BCUT2D eigenvalue weighted by molar-refractivity contribution is -0.123. The number of carbonyl (C=O) groups excluding carboxylic acids is 1. The van der Waals surface area contributed by atoms with Crippen LogP contribution in [0.25, 0.3) is 10.9 Å². The van der Waals surface area contributed by atoms with E-state index < -0.39 is 0 Å². The van der Waals surface area contributed by atoms with E-state index in [0.29, 0.717) is 17.2 Å². The number of nitrogens with one attached hydrogen (secondary N) is 1. The van der Waals surface area contributed by atoms with Crippen molar-refractivity contribution >= 4 is 52.2 Å². The van der Waals surface area contributed by atoms with Gasteiger partial charge in [0.1, 0.15) is 5.75 Å². The van der Waals surface area contributed by atoms with Gasteiger partial charge in [0.2, 0.25) is 0 Å². The van der Waals surface area contributed by atoms with E-state index in [1.54, 1.807) is 13.3 Å². The van der Waals surface area contributed by atoms with E-state index in [4.69, 9.17) is 21.4 Å². The van der Waals surface area contributed by atoms with Gasteiger partial charge in [0.05, 0.1) is 41.2 Å². The van der Waals surface area contributed by atoms with Crippen molar-refractivity contribution in [1.82, 2.24) is 10.2 Å². The van der Waals surface area contributed by atoms with Crippen molar-refractivity contribution in [2.75, 3.05) is 12.1 Å². The lowest BCUT2D eigenvalue weighted by Gasteiger charge is -2.37. The molecule has 5 rings (SSSR count). The minimum atomic E-state index is -0.145. The molecule has 2 atom stereocenters. The maximum absolute atomic E-state index is 13.3. The Morgan fingerprint density at radius 2 is 1.93 bits per heavy atom. The standard InChI is InChI=1S/C22H19ClN4O2.ClH/c1-29-20-9-6-13(11-18(20)23)21-16-4-2-3-5-17(16)22(28)27(26-21)15-7-8-19-14(10-15)12-24-25-19;/h2-3,6-12,16-17H,4-5H2,1H3,(H,24,25);1H/t16-,17+;/m0./s1. The van der Waals surface area contributed by atoms with E-state index in [9.17, 15) is 4.79 Å². The summed E-state index contributed by atoms with van der Waals surface area (Å²) in [6.45, 7) is 0. The molecule has 0 saturated heterocycles. The number of benzene rings is 2. The fourth-order valence-corrected chi connectivity index (χ4v) is 4.38. The number of H-pyrrole nitrogens is 1. The fraction of sp³-hybridized carbons (Fsp3) is 0.227. The zero-order chi connectivity index (χ0) is 20.0. The van der Waals surface area contributed by atoms with Crippen LogP contribution < -0.4 is 9.75 Å². The van der Waals surface area contributed by atoms with E-state index >= 15 is 0 Å². The molecule has 2 aliphatic rings. The highest BCUT2D eigenvalue weighted by Gasteiger charge is 2.40. The van der Waals surface area contributed by atoms with E-state index in [-0.39, 0.29) is 30.2 Å². The number of amides is 1. The lowest BCUT2D eigenvalue weighted by Crippen LogP contribution is -2.45. The van der Waals surface area contributed by atoms with Crippen molar-refractivity contribution in [1.29, 1.82) is 0 Å². The zero-order valence-corrected chi connectivity index (χ0v) is 17.8. The molecule has 1 aliphatic heterocycles. The van der Waals surface area contributed by atoms with Crippen LogP contribution in [0.5, 0.6) is 5.75 Å². The Balaban J connectivity index is 0.00000218. The van der Waals surface area contributed by atoms with Crippen molar-refractivity contribution in [3.63, 3.8) is 0 Å². The summed E-state index contributed by atoms with van der Waals surface area (Å²) in [4.78, 5) is 13.3. The SMILES string of the molecule is COc1ccc(C2=NN(c3ccc4[nH]ncc4c3)C(=O)[C@@H]3CC=CC[C@H]23)cc1Cl.Cl. The molecule has 30 heavy (non-hydrogen) atoms. The third-order valence-electron chi connectivity index (χ3n) is 5.63. The summed E-state index contributed by atoms with van der Waals surface area (Å²) in [5.74, 6) is 0.523. The third kappa shape index (κ3) is 3.36. The normalized spacial score (nSPS) is 20.5. The Hall–Kier alpha value is -2.83.